The Hall–Kier alpha value is -1.77. The normalized spacial score (nSPS) is 12.2. The molecule has 0 aromatic carbocycles. The van der Waals surface area contributed by atoms with Crippen LogP contribution >= 0.6 is 0 Å². The lowest BCUT2D eigenvalue weighted by molar-refractivity contribution is -0.130. The van der Waals surface area contributed by atoms with Gasteiger partial charge in [0.25, 0.3) is 0 Å². The van der Waals surface area contributed by atoms with Gasteiger partial charge in [0.05, 0.1) is 12.5 Å². The van der Waals surface area contributed by atoms with E-state index in [2.05, 4.69) is 5.32 Å². The lowest BCUT2D eigenvalue weighted by Crippen LogP contribution is -2.43. The monoisotopic (exact) mass is 255 g/mol. The zero-order valence-corrected chi connectivity index (χ0v) is 11.6. The number of carbonyl (C=O) groups excluding carboxylic acids is 2. The number of likely N-dealkylation sites (N-methyl/N-ethyl adjacent to an activating group) is 1. The van der Waals surface area contributed by atoms with Gasteiger partial charge in [-0.15, -0.1) is 0 Å². The van der Waals surface area contributed by atoms with Crippen molar-refractivity contribution in [3.63, 3.8) is 0 Å². The van der Waals surface area contributed by atoms with Crippen molar-refractivity contribution in [3.8, 4) is 6.07 Å². The summed E-state index contributed by atoms with van der Waals surface area (Å²) in [5.74, 6) is -0.261. The lowest BCUT2D eigenvalue weighted by atomic mass is 10.2. The van der Waals surface area contributed by atoms with Crippen LogP contribution in [0.3, 0.4) is 0 Å². The Labute approximate surface area is 108 Å². The number of nitrogens with zero attached hydrogens (tertiary/aromatic N) is 2. The van der Waals surface area contributed by atoms with Crippen molar-refractivity contribution in [1.29, 1.82) is 5.26 Å². The van der Waals surface area contributed by atoms with Crippen LogP contribution in [-0.2, 0) is 9.53 Å². The van der Waals surface area contributed by atoms with Gasteiger partial charge in [0.1, 0.15) is 12.1 Å². The highest BCUT2D eigenvalue weighted by molar-refractivity contribution is 5.82. The van der Waals surface area contributed by atoms with E-state index in [-0.39, 0.29) is 24.9 Å². The number of hydrogen-bond donors (Lipinski definition) is 1. The Morgan fingerprint density at radius 1 is 1.44 bits per heavy atom. The summed E-state index contributed by atoms with van der Waals surface area (Å²) in [6.45, 7) is 6.87. The second-order valence-electron chi connectivity index (χ2n) is 5.07. The number of rotatable bonds is 4. The second-order valence-corrected chi connectivity index (χ2v) is 5.07. The molecule has 0 aliphatic heterocycles. The van der Waals surface area contributed by atoms with E-state index >= 15 is 0 Å². The molecule has 0 aromatic rings. The topological polar surface area (TPSA) is 82.4 Å². The minimum atomic E-state index is -0.628. The number of hydrogen-bond acceptors (Lipinski definition) is 4. The fourth-order valence-corrected chi connectivity index (χ4v) is 1.10. The highest BCUT2D eigenvalue weighted by Crippen LogP contribution is 2.06. The van der Waals surface area contributed by atoms with Crippen molar-refractivity contribution < 1.29 is 14.3 Å². The van der Waals surface area contributed by atoms with Gasteiger partial charge in [-0.3, -0.25) is 4.79 Å². The Bertz CT molecular complexity index is 341. The summed E-state index contributed by atoms with van der Waals surface area (Å²) in [6, 6.07) is 1.82. The largest absolute Gasteiger partial charge is 0.444 e. The fourth-order valence-electron chi connectivity index (χ4n) is 1.10. The van der Waals surface area contributed by atoms with Crippen LogP contribution in [0.5, 0.6) is 0 Å². The summed E-state index contributed by atoms with van der Waals surface area (Å²) >= 11 is 0. The van der Waals surface area contributed by atoms with Gasteiger partial charge >= 0.3 is 6.09 Å². The van der Waals surface area contributed by atoms with Gasteiger partial charge in [-0.25, -0.2) is 4.79 Å². The van der Waals surface area contributed by atoms with E-state index in [4.69, 9.17) is 10.00 Å². The van der Waals surface area contributed by atoms with Crippen LogP contribution in [0.15, 0.2) is 0 Å². The third-order valence-corrected chi connectivity index (χ3v) is 2.22. The molecule has 18 heavy (non-hydrogen) atoms. The lowest BCUT2D eigenvalue weighted by Gasteiger charge is -2.24. The van der Waals surface area contributed by atoms with Crippen LogP contribution < -0.4 is 5.32 Å². The van der Waals surface area contributed by atoms with Crippen LogP contribution in [0.4, 0.5) is 4.79 Å². The van der Waals surface area contributed by atoms with E-state index < -0.39 is 11.7 Å². The number of ether oxygens (including phenoxy) is 1. The molecule has 0 bridgehead atoms. The molecule has 0 saturated heterocycles. The second kappa shape index (κ2) is 6.84. The summed E-state index contributed by atoms with van der Waals surface area (Å²) in [5, 5.41) is 10.9. The number of nitrogens with one attached hydrogen (secondary N) is 1. The van der Waals surface area contributed by atoms with Crippen molar-refractivity contribution in [2.24, 2.45) is 0 Å². The molecule has 6 nitrogen and oxygen atoms in total. The number of carbonyl (C=O) groups is 2. The van der Waals surface area contributed by atoms with Crippen LogP contribution in [0.25, 0.3) is 0 Å². The summed E-state index contributed by atoms with van der Waals surface area (Å²) in [4.78, 5) is 24.4. The van der Waals surface area contributed by atoms with Crippen molar-refractivity contribution in [1.82, 2.24) is 10.2 Å². The van der Waals surface area contributed by atoms with Crippen molar-refractivity contribution in [3.05, 3.63) is 0 Å². The molecule has 0 heterocycles. The van der Waals surface area contributed by atoms with Crippen LogP contribution in [-0.4, -0.2) is 42.1 Å². The average Bonchev–Trinajstić information content (AvgIpc) is 2.22. The summed E-state index contributed by atoms with van der Waals surface area (Å²) in [6.07, 6.45) is -0.369. The van der Waals surface area contributed by atoms with Crippen molar-refractivity contribution in [2.45, 2.75) is 45.8 Å². The number of nitriles is 1. The maximum absolute atomic E-state index is 11.7. The average molecular weight is 255 g/mol. The van der Waals surface area contributed by atoms with Gasteiger partial charge in [0.2, 0.25) is 5.91 Å². The van der Waals surface area contributed by atoms with Crippen LogP contribution in [0.1, 0.15) is 34.1 Å². The Balaban J connectivity index is 4.11. The molecule has 1 unspecified atom stereocenters. The van der Waals surface area contributed by atoms with E-state index in [0.717, 1.165) is 0 Å². The molecule has 0 radical (unpaired) electrons. The zero-order chi connectivity index (χ0) is 14.3. The molecule has 1 N–H and O–H groups in total. The first-order valence-corrected chi connectivity index (χ1v) is 5.77. The highest BCUT2D eigenvalue weighted by Gasteiger charge is 2.19. The standard InChI is InChI=1S/C12H21N3O3/c1-9(6-7-13)15(5)10(16)8-14-11(17)18-12(2,3)4/h9H,6,8H2,1-5H3,(H,14,17). The van der Waals surface area contributed by atoms with Gasteiger partial charge in [-0.05, 0) is 27.7 Å². The summed E-state index contributed by atoms with van der Waals surface area (Å²) in [5.41, 5.74) is -0.590. The first kappa shape index (κ1) is 16.2. The Kier molecular flexibility index (Phi) is 6.17. The quantitative estimate of drug-likeness (QED) is 0.820. The molecular formula is C12H21N3O3. The van der Waals surface area contributed by atoms with Gasteiger partial charge < -0.3 is 15.0 Å². The zero-order valence-electron chi connectivity index (χ0n) is 11.6. The van der Waals surface area contributed by atoms with Crippen molar-refractivity contribution >= 4 is 12.0 Å². The maximum Gasteiger partial charge on any atom is 0.408 e. The molecule has 0 fully saturated rings. The van der Waals surface area contributed by atoms with E-state index in [0.29, 0.717) is 0 Å². The SMILES string of the molecule is CC(CC#N)N(C)C(=O)CNC(=O)OC(C)(C)C. The molecule has 0 saturated carbocycles. The maximum atomic E-state index is 11.7. The molecule has 6 heteroatoms. The predicted molar refractivity (Wildman–Crippen MR) is 66.7 cm³/mol. The summed E-state index contributed by atoms with van der Waals surface area (Å²) in [7, 11) is 1.60. The van der Waals surface area contributed by atoms with Gasteiger partial charge in [-0.1, -0.05) is 0 Å². The van der Waals surface area contributed by atoms with Crippen LogP contribution in [0.2, 0.25) is 0 Å². The van der Waals surface area contributed by atoms with Crippen molar-refractivity contribution in [2.75, 3.05) is 13.6 Å². The van der Waals surface area contributed by atoms with E-state index in [1.165, 1.54) is 4.90 Å². The van der Waals surface area contributed by atoms with Gasteiger partial charge in [0, 0.05) is 13.1 Å². The molecule has 2 amide bonds. The third kappa shape index (κ3) is 6.74. The molecular weight excluding hydrogens is 234 g/mol. The smallest absolute Gasteiger partial charge is 0.408 e. The first-order valence-electron chi connectivity index (χ1n) is 5.77. The summed E-state index contributed by atoms with van der Waals surface area (Å²) < 4.78 is 5.00. The van der Waals surface area contributed by atoms with E-state index in [1.807, 2.05) is 6.07 Å². The highest BCUT2D eigenvalue weighted by atomic mass is 16.6. The molecule has 0 rings (SSSR count). The Morgan fingerprint density at radius 2 is 2.00 bits per heavy atom. The minimum absolute atomic E-state index is 0.138. The van der Waals surface area contributed by atoms with Gasteiger partial charge in [-0.2, -0.15) is 5.26 Å². The molecule has 0 aromatic heterocycles. The first-order chi connectivity index (χ1) is 8.17. The third-order valence-electron chi connectivity index (χ3n) is 2.22. The Morgan fingerprint density at radius 3 is 2.44 bits per heavy atom. The molecule has 1 atom stereocenters. The van der Waals surface area contributed by atoms with E-state index in [1.54, 1.807) is 34.7 Å². The molecule has 102 valence electrons. The molecule has 0 spiro atoms. The number of alkyl carbamates (subject to hydrolysis) is 1. The predicted octanol–water partition coefficient (Wildman–Crippen LogP) is 1.27. The van der Waals surface area contributed by atoms with Gasteiger partial charge in [0.15, 0.2) is 0 Å². The molecule has 0 aliphatic carbocycles. The van der Waals surface area contributed by atoms with Crippen LogP contribution in [0, 0.1) is 11.3 Å². The fraction of sp³-hybridized carbons (Fsp3) is 0.750. The van der Waals surface area contributed by atoms with E-state index in [9.17, 15) is 9.59 Å². The minimum Gasteiger partial charge on any atom is -0.444 e. The number of amides is 2. The molecule has 0 aliphatic rings.